The van der Waals surface area contributed by atoms with Gasteiger partial charge in [-0.1, -0.05) is 36.8 Å². The summed E-state index contributed by atoms with van der Waals surface area (Å²) in [6, 6.07) is 0. The molecule has 0 bridgehead atoms. The van der Waals surface area contributed by atoms with Crippen molar-refractivity contribution in [3.8, 4) is 5.19 Å². The largest absolute Gasteiger partial charge is 0.470 e. The van der Waals surface area contributed by atoms with Crippen molar-refractivity contribution in [2.75, 3.05) is 6.61 Å². The van der Waals surface area contributed by atoms with Crippen molar-refractivity contribution in [2.45, 2.75) is 33.2 Å². The second-order valence-corrected chi connectivity index (χ2v) is 6.17. The first-order valence-electron chi connectivity index (χ1n) is 7.13. The minimum atomic E-state index is -0.246. The minimum absolute atomic E-state index is 0.246. The summed E-state index contributed by atoms with van der Waals surface area (Å²) in [7, 11) is 1.71. The third-order valence-electron chi connectivity index (χ3n) is 2.99. The lowest BCUT2D eigenvalue weighted by molar-refractivity contribution is 0.0942. The highest BCUT2D eigenvalue weighted by atomic mass is 35.5. The molecule has 2 rings (SSSR count). The highest BCUT2D eigenvalue weighted by Gasteiger charge is 2.19. The molecule has 0 aliphatic rings. The van der Waals surface area contributed by atoms with Crippen LogP contribution in [-0.4, -0.2) is 27.3 Å². The van der Waals surface area contributed by atoms with Gasteiger partial charge < -0.3 is 10.1 Å². The summed E-state index contributed by atoms with van der Waals surface area (Å²) in [5.74, 6) is -0.246. The van der Waals surface area contributed by atoms with Crippen LogP contribution in [0.25, 0.3) is 0 Å². The number of hydrogen-bond donors (Lipinski definition) is 1. The van der Waals surface area contributed by atoms with Gasteiger partial charge in [-0.3, -0.25) is 9.48 Å². The fraction of sp³-hybridized carbons (Fsp3) is 0.500. The summed E-state index contributed by atoms with van der Waals surface area (Å²) in [6.07, 6.45) is 3.33. The average molecular weight is 343 g/mol. The lowest BCUT2D eigenvalue weighted by Gasteiger charge is -2.04. The molecule has 0 atom stereocenters. The maximum atomic E-state index is 12.3. The first-order chi connectivity index (χ1) is 10.6. The van der Waals surface area contributed by atoms with Gasteiger partial charge in [0.1, 0.15) is 5.69 Å². The third-order valence-corrected chi connectivity index (χ3v) is 4.30. The van der Waals surface area contributed by atoms with Gasteiger partial charge >= 0.3 is 0 Å². The Morgan fingerprint density at radius 3 is 2.91 bits per heavy atom. The molecule has 0 spiro atoms. The standard InChI is InChI=1S/C14H19ClN4O2S/c1-4-6-21-14-17-8-9(22-14)7-16-13(20)12-11(15)10(5-2)18-19(12)3/h8H,4-7H2,1-3H3,(H,16,20). The molecule has 0 saturated heterocycles. The zero-order chi connectivity index (χ0) is 16.1. The van der Waals surface area contributed by atoms with Gasteiger partial charge in [0, 0.05) is 18.1 Å². The number of rotatable bonds is 7. The van der Waals surface area contributed by atoms with E-state index in [1.807, 2.05) is 13.8 Å². The summed E-state index contributed by atoms with van der Waals surface area (Å²) in [6.45, 7) is 5.01. The monoisotopic (exact) mass is 342 g/mol. The first kappa shape index (κ1) is 16.8. The van der Waals surface area contributed by atoms with Crippen LogP contribution in [0.15, 0.2) is 6.20 Å². The van der Waals surface area contributed by atoms with E-state index in [1.165, 1.54) is 16.0 Å². The second-order valence-electron chi connectivity index (χ2n) is 4.71. The van der Waals surface area contributed by atoms with Gasteiger partial charge in [0.15, 0.2) is 0 Å². The van der Waals surface area contributed by atoms with Crippen molar-refractivity contribution in [3.05, 3.63) is 27.5 Å². The molecule has 0 fully saturated rings. The molecule has 0 saturated carbocycles. The predicted molar refractivity (Wildman–Crippen MR) is 86.7 cm³/mol. The van der Waals surface area contributed by atoms with E-state index in [1.54, 1.807) is 13.2 Å². The van der Waals surface area contributed by atoms with Crippen molar-refractivity contribution in [3.63, 3.8) is 0 Å². The highest BCUT2D eigenvalue weighted by molar-refractivity contribution is 7.13. The number of hydrogen-bond acceptors (Lipinski definition) is 5. The number of aryl methyl sites for hydroxylation is 2. The van der Waals surface area contributed by atoms with Crippen LogP contribution in [-0.2, 0) is 20.0 Å². The molecule has 0 aromatic carbocycles. The van der Waals surface area contributed by atoms with Crippen LogP contribution < -0.4 is 10.1 Å². The number of carbonyl (C=O) groups excluding carboxylic acids is 1. The molecular formula is C14H19ClN4O2S. The molecule has 0 aliphatic heterocycles. The maximum Gasteiger partial charge on any atom is 0.273 e. The van der Waals surface area contributed by atoms with Crippen molar-refractivity contribution < 1.29 is 9.53 Å². The van der Waals surface area contributed by atoms with Crippen molar-refractivity contribution in [2.24, 2.45) is 7.05 Å². The van der Waals surface area contributed by atoms with Crippen molar-refractivity contribution >= 4 is 28.8 Å². The number of carbonyl (C=O) groups is 1. The van der Waals surface area contributed by atoms with Crippen LogP contribution in [0.2, 0.25) is 5.02 Å². The predicted octanol–water partition coefficient (Wildman–Crippen LogP) is 2.81. The van der Waals surface area contributed by atoms with E-state index in [0.717, 1.165) is 17.0 Å². The van der Waals surface area contributed by atoms with Crippen LogP contribution in [0.4, 0.5) is 0 Å². The van der Waals surface area contributed by atoms with E-state index in [2.05, 4.69) is 15.4 Å². The first-order valence-corrected chi connectivity index (χ1v) is 8.33. The SMILES string of the molecule is CCCOc1ncc(CNC(=O)c2c(Cl)c(CC)nn2C)s1. The van der Waals surface area contributed by atoms with E-state index in [-0.39, 0.29) is 5.91 Å². The van der Waals surface area contributed by atoms with Crippen LogP contribution >= 0.6 is 22.9 Å². The third kappa shape index (κ3) is 3.78. The topological polar surface area (TPSA) is 69.0 Å². The van der Waals surface area contributed by atoms with Gasteiger partial charge in [-0.25, -0.2) is 4.98 Å². The van der Waals surface area contributed by atoms with Gasteiger partial charge in [-0.15, -0.1) is 0 Å². The molecule has 8 heteroatoms. The molecule has 0 radical (unpaired) electrons. The fourth-order valence-electron chi connectivity index (χ4n) is 1.90. The Morgan fingerprint density at radius 1 is 1.50 bits per heavy atom. The lowest BCUT2D eigenvalue weighted by atomic mass is 10.3. The molecule has 2 aromatic heterocycles. The zero-order valence-corrected chi connectivity index (χ0v) is 14.4. The molecular weight excluding hydrogens is 324 g/mol. The molecule has 6 nitrogen and oxygen atoms in total. The van der Waals surface area contributed by atoms with Gasteiger partial charge in [0.2, 0.25) is 0 Å². The van der Waals surface area contributed by atoms with E-state index < -0.39 is 0 Å². The molecule has 0 aliphatic carbocycles. The summed E-state index contributed by atoms with van der Waals surface area (Å²) < 4.78 is 6.96. The second kappa shape index (κ2) is 7.60. The van der Waals surface area contributed by atoms with Crippen molar-refractivity contribution in [1.82, 2.24) is 20.1 Å². The molecule has 1 N–H and O–H groups in total. The summed E-state index contributed by atoms with van der Waals surface area (Å²) in [5, 5.41) is 8.11. The van der Waals surface area contributed by atoms with Gasteiger partial charge in [0.05, 0.1) is 23.9 Å². The number of nitrogens with one attached hydrogen (secondary N) is 1. The molecule has 120 valence electrons. The number of thiazole rings is 1. The Morgan fingerprint density at radius 2 is 2.27 bits per heavy atom. The number of nitrogens with zero attached hydrogens (tertiary/aromatic N) is 3. The molecule has 1 amide bonds. The Balaban J connectivity index is 1.98. The van der Waals surface area contributed by atoms with Gasteiger partial charge in [-0.05, 0) is 12.8 Å². The molecule has 2 aromatic rings. The number of amides is 1. The van der Waals surface area contributed by atoms with Gasteiger partial charge in [-0.2, -0.15) is 5.10 Å². The Bertz CT molecular complexity index is 653. The summed E-state index contributed by atoms with van der Waals surface area (Å²) >= 11 is 7.62. The molecule has 0 unspecified atom stereocenters. The van der Waals surface area contributed by atoms with E-state index in [4.69, 9.17) is 16.3 Å². The van der Waals surface area contributed by atoms with Crippen LogP contribution in [0, 0.1) is 0 Å². The van der Waals surface area contributed by atoms with Gasteiger partial charge in [0.25, 0.3) is 11.1 Å². The van der Waals surface area contributed by atoms with Crippen LogP contribution in [0.3, 0.4) is 0 Å². The van der Waals surface area contributed by atoms with E-state index in [9.17, 15) is 4.79 Å². The Labute approximate surface area is 138 Å². The summed E-state index contributed by atoms with van der Waals surface area (Å²) in [5.41, 5.74) is 1.10. The molecule has 22 heavy (non-hydrogen) atoms. The van der Waals surface area contributed by atoms with Crippen molar-refractivity contribution in [1.29, 1.82) is 0 Å². The fourth-order valence-corrected chi connectivity index (χ4v) is 3.01. The maximum absolute atomic E-state index is 12.3. The van der Waals surface area contributed by atoms with Crippen LogP contribution in [0.1, 0.15) is 41.3 Å². The number of halogens is 1. The lowest BCUT2D eigenvalue weighted by Crippen LogP contribution is -2.25. The Hall–Kier alpha value is -1.60. The highest BCUT2D eigenvalue weighted by Crippen LogP contribution is 2.22. The minimum Gasteiger partial charge on any atom is -0.470 e. The zero-order valence-electron chi connectivity index (χ0n) is 12.9. The quantitative estimate of drug-likeness (QED) is 0.840. The average Bonchev–Trinajstić information content (AvgIpc) is 3.07. The number of aromatic nitrogens is 3. The van der Waals surface area contributed by atoms with Crippen LogP contribution in [0.5, 0.6) is 5.19 Å². The van der Waals surface area contributed by atoms with E-state index in [0.29, 0.717) is 35.5 Å². The Kier molecular flexibility index (Phi) is 5.79. The smallest absolute Gasteiger partial charge is 0.273 e. The van der Waals surface area contributed by atoms with E-state index >= 15 is 0 Å². The molecule has 2 heterocycles. The number of ether oxygens (including phenoxy) is 1. The normalized spacial score (nSPS) is 10.7. The summed E-state index contributed by atoms with van der Waals surface area (Å²) in [4.78, 5) is 17.3.